The lowest BCUT2D eigenvalue weighted by molar-refractivity contribution is -0.0598. The van der Waals surface area contributed by atoms with Crippen LogP contribution in [0.1, 0.15) is 24.5 Å². The Balaban J connectivity index is 2.70. The van der Waals surface area contributed by atoms with Crippen molar-refractivity contribution in [2.75, 3.05) is 12.9 Å². The maximum Gasteiger partial charge on any atom is 0.437 e. The normalized spacial score (nSPS) is 13.0. The molecule has 0 N–H and O–H groups in total. The molecule has 0 saturated heterocycles. The van der Waals surface area contributed by atoms with Gasteiger partial charge in [-0.2, -0.15) is 21.6 Å². The minimum absolute atomic E-state index is 0.0154. The first-order valence-corrected chi connectivity index (χ1v) is 9.26. The van der Waals surface area contributed by atoms with E-state index in [0.717, 1.165) is 0 Å². The van der Waals surface area contributed by atoms with Gasteiger partial charge in [0.1, 0.15) is 11.3 Å². The molecule has 0 spiro atoms. The monoisotopic (exact) mass is 407 g/mol. The summed E-state index contributed by atoms with van der Waals surface area (Å²) >= 11 is 0. The molecule has 0 aliphatic rings. The van der Waals surface area contributed by atoms with E-state index in [2.05, 4.69) is 9.44 Å². The Morgan fingerprint density at radius 3 is 2.52 bits per heavy atom. The van der Waals surface area contributed by atoms with Gasteiger partial charge in [0.2, 0.25) is 0 Å². The van der Waals surface area contributed by atoms with Crippen molar-refractivity contribution in [3.05, 3.63) is 39.7 Å². The number of benzene rings is 1. The largest absolute Gasteiger partial charge is 0.497 e. The highest BCUT2D eigenvalue weighted by Gasteiger charge is 2.41. The van der Waals surface area contributed by atoms with Gasteiger partial charge in [0, 0.05) is 11.5 Å². The van der Waals surface area contributed by atoms with E-state index >= 15 is 0 Å². The molecule has 148 valence electrons. The second-order valence-corrected chi connectivity index (χ2v) is 7.20. The molecule has 1 aromatic carbocycles. The molecular weight excluding hydrogens is 391 g/mol. The van der Waals surface area contributed by atoms with Gasteiger partial charge in [-0.15, -0.1) is 0 Å². The van der Waals surface area contributed by atoms with E-state index in [1.807, 2.05) is 0 Å². The molecule has 0 atom stereocenters. The summed E-state index contributed by atoms with van der Waals surface area (Å²) in [7, 11) is -2.93. The van der Waals surface area contributed by atoms with Crippen molar-refractivity contribution < 1.29 is 35.0 Å². The second-order valence-electron chi connectivity index (χ2n) is 5.53. The highest BCUT2D eigenvalue weighted by Crippen LogP contribution is 2.28. The zero-order chi connectivity index (χ0) is 20.4. The molecule has 0 unspecified atom stereocenters. The molecule has 0 bridgehead atoms. The van der Waals surface area contributed by atoms with E-state index in [1.54, 1.807) is 0 Å². The standard InChI is InChI=1S/C16H16F3NO6S/c1-4-7-27(22,23)26-20-14(16(17,18)19)13-9(2)11-6-5-10(24-3)8-12(11)25-15(13)21/h5-6,8H,4,7H2,1-3H3/b20-14-. The Kier molecular flexibility index (Phi) is 5.83. The van der Waals surface area contributed by atoms with E-state index < -0.39 is 38.9 Å². The molecule has 0 aliphatic carbocycles. The van der Waals surface area contributed by atoms with Crippen molar-refractivity contribution in [2.24, 2.45) is 5.16 Å². The lowest BCUT2D eigenvalue weighted by atomic mass is 10.0. The van der Waals surface area contributed by atoms with Gasteiger partial charge < -0.3 is 9.15 Å². The van der Waals surface area contributed by atoms with E-state index in [9.17, 15) is 26.4 Å². The molecule has 2 aromatic rings. The van der Waals surface area contributed by atoms with E-state index in [1.165, 1.54) is 39.2 Å². The number of rotatable bonds is 6. The van der Waals surface area contributed by atoms with Gasteiger partial charge in [-0.1, -0.05) is 12.1 Å². The average Bonchev–Trinajstić information content (AvgIpc) is 2.55. The molecule has 0 amide bonds. The Morgan fingerprint density at radius 2 is 1.96 bits per heavy atom. The van der Waals surface area contributed by atoms with Crippen LogP contribution < -0.4 is 10.4 Å². The zero-order valence-corrected chi connectivity index (χ0v) is 15.4. The number of nitrogens with zero attached hydrogens (tertiary/aromatic N) is 1. The Labute approximate surface area is 152 Å². The van der Waals surface area contributed by atoms with E-state index in [-0.39, 0.29) is 23.0 Å². The van der Waals surface area contributed by atoms with Crippen LogP contribution in [0.2, 0.25) is 0 Å². The highest BCUT2D eigenvalue weighted by atomic mass is 32.2. The predicted molar refractivity (Wildman–Crippen MR) is 91.5 cm³/mol. The molecule has 0 aliphatic heterocycles. The lowest BCUT2D eigenvalue weighted by Crippen LogP contribution is -2.31. The molecule has 11 heteroatoms. The first kappa shape index (κ1) is 20.7. The summed E-state index contributed by atoms with van der Waals surface area (Å²) in [5.74, 6) is -0.177. The summed E-state index contributed by atoms with van der Waals surface area (Å²) in [5.41, 5.74) is -4.11. The number of halogens is 3. The minimum Gasteiger partial charge on any atom is -0.497 e. The third-order valence-corrected chi connectivity index (χ3v) is 4.79. The third-order valence-electron chi connectivity index (χ3n) is 3.58. The molecule has 1 aromatic heterocycles. The van der Waals surface area contributed by atoms with Crippen LogP contribution in [0, 0.1) is 6.92 Å². The van der Waals surface area contributed by atoms with Crippen LogP contribution in [-0.2, 0) is 14.4 Å². The lowest BCUT2D eigenvalue weighted by Gasteiger charge is -2.13. The molecule has 7 nitrogen and oxygen atoms in total. The zero-order valence-electron chi connectivity index (χ0n) is 14.6. The van der Waals surface area contributed by atoms with Crippen LogP contribution >= 0.6 is 0 Å². The number of alkyl halides is 3. The molecular formula is C16H16F3NO6S. The quantitative estimate of drug-likeness (QED) is 0.415. The maximum absolute atomic E-state index is 13.4. The number of methoxy groups -OCH3 is 1. The van der Waals surface area contributed by atoms with Crippen molar-refractivity contribution in [3.63, 3.8) is 0 Å². The summed E-state index contributed by atoms with van der Waals surface area (Å²) in [6.07, 6.45) is -5.03. The van der Waals surface area contributed by atoms with Crippen LogP contribution in [0.5, 0.6) is 5.75 Å². The van der Waals surface area contributed by atoms with Crippen molar-refractivity contribution in [1.29, 1.82) is 0 Å². The Hall–Kier alpha value is -2.56. The molecule has 0 radical (unpaired) electrons. The SMILES string of the molecule is CCCS(=O)(=O)O/N=C(/c1c(C)c2ccc(OC)cc2oc1=O)C(F)(F)F. The van der Waals surface area contributed by atoms with Gasteiger partial charge in [-0.05, 0) is 31.0 Å². The molecule has 27 heavy (non-hydrogen) atoms. The summed E-state index contributed by atoms with van der Waals surface area (Å²) in [6.45, 7) is 2.77. The van der Waals surface area contributed by atoms with Gasteiger partial charge in [-0.3, -0.25) is 4.28 Å². The summed E-state index contributed by atoms with van der Waals surface area (Å²) in [6, 6.07) is 4.24. The topological polar surface area (TPSA) is 95.2 Å². The molecule has 0 saturated carbocycles. The molecule has 0 fully saturated rings. The molecule has 1 heterocycles. The number of hydrogen-bond acceptors (Lipinski definition) is 7. The number of hydrogen-bond donors (Lipinski definition) is 0. The summed E-state index contributed by atoms with van der Waals surface area (Å²) < 4.78 is 77.4. The first-order valence-electron chi connectivity index (χ1n) is 7.68. The Morgan fingerprint density at radius 1 is 1.30 bits per heavy atom. The number of aryl methyl sites for hydroxylation is 1. The van der Waals surface area contributed by atoms with E-state index in [4.69, 9.17) is 9.15 Å². The Bertz CT molecular complexity index is 1040. The number of oxime groups is 1. The van der Waals surface area contributed by atoms with Crippen LogP contribution in [-0.4, -0.2) is 33.2 Å². The number of ether oxygens (including phenoxy) is 1. The fourth-order valence-corrected chi connectivity index (χ4v) is 3.12. The van der Waals surface area contributed by atoms with Gasteiger partial charge in [0.25, 0.3) is 0 Å². The second kappa shape index (κ2) is 7.59. The van der Waals surface area contributed by atoms with Crippen molar-refractivity contribution >= 4 is 26.8 Å². The summed E-state index contributed by atoms with van der Waals surface area (Å²) in [4.78, 5) is 12.2. The average molecular weight is 407 g/mol. The predicted octanol–water partition coefficient (Wildman–Crippen LogP) is 3.13. The van der Waals surface area contributed by atoms with Crippen LogP contribution in [0.15, 0.2) is 32.6 Å². The van der Waals surface area contributed by atoms with Crippen molar-refractivity contribution in [3.8, 4) is 5.75 Å². The fourth-order valence-electron chi connectivity index (χ4n) is 2.36. The minimum atomic E-state index is -5.15. The summed E-state index contributed by atoms with van der Waals surface area (Å²) in [5, 5.41) is 2.94. The van der Waals surface area contributed by atoms with E-state index in [0.29, 0.717) is 5.75 Å². The first-order chi connectivity index (χ1) is 12.5. The van der Waals surface area contributed by atoms with Crippen molar-refractivity contribution in [1.82, 2.24) is 0 Å². The smallest absolute Gasteiger partial charge is 0.437 e. The van der Waals surface area contributed by atoms with Gasteiger partial charge in [0.15, 0.2) is 5.71 Å². The highest BCUT2D eigenvalue weighted by molar-refractivity contribution is 7.86. The third kappa shape index (κ3) is 4.59. The fraction of sp³-hybridized carbons (Fsp3) is 0.375. The van der Waals surface area contributed by atoms with Crippen LogP contribution in [0.3, 0.4) is 0 Å². The maximum atomic E-state index is 13.4. The molecule has 2 rings (SSSR count). The van der Waals surface area contributed by atoms with Gasteiger partial charge in [0.05, 0.1) is 18.4 Å². The van der Waals surface area contributed by atoms with Crippen molar-refractivity contribution in [2.45, 2.75) is 26.4 Å². The van der Waals surface area contributed by atoms with Gasteiger partial charge in [-0.25, -0.2) is 4.79 Å². The van der Waals surface area contributed by atoms with Crippen LogP contribution in [0.4, 0.5) is 13.2 Å². The van der Waals surface area contributed by atoms with Gasteiger partial charge >= 0.3 is 21.9 Å². The number of fused-ring (bicyclic) bond motifs is 1. The van der Waals surface area contributed by atoms with Crippen LogP contribution in [0.25, 0.3) is 11.0 Å².